The monoisotopic (exact) mass is 328 g/mol. The Balaban J connectivity index is 1.89. The summed E-state index contributed by atoms with van der Waals surface area (Å²) in [5, 5.41) is 13.2. The third-order valence-corrected chi connectivity index (χ3v) is 3.90. The number of alkyl halides is 2. The molecule has 0 saturated carbocycles. The van der Waals surface area contributed by atoms with Gasteiger partial charge >= 0.3 is 6.61 Å². The van der Waals surface area contributed by atoms with Gasteiger partial charge in [0.1, 0.15) is 5.75 Å². The van der Waals surface area contributed by atoms with Gasteiger partial charge in [0.25, 0.3) is 0 Å². The number of aliphatic hydroxyl groups is 1. The molecule has 0 spiro atoms. The quantitative estimate of drug-likeness (QED) is 0.848. The molecule has 1 N–H and O–H groups in total. The number of halogens is 2. The number of ether oxygens (including phenoxy) is 1. The second-order valence-electron chi connectivity index (χ2n) is 5.02. The molecule has 2 aromatic rings. The lowest BCUT2D eigenvalue weighted by molar-refractivity contribution is -0.0498. The number of aliphatic hydroxyl groups excluding tert-OH is 1. The topological polar surface area (TPSA) is 45.6 Å². The molecule has 0 bridgehead atoms. The number of nitrogens with zero attached hydrogens (tertiary/aromatic N) is 2. The van der Waals surface area contributed by atoms with Crippen molar-refractivity contribution in [3.8, 4) is 5.75 Å². The average molecular weight is 328 g/mol. The summed E-state index contributed by atoms with van der Waals surface area (Å²) in [6.07, 6.45) is -0.703. The summed E-state index contributed by atoms with van der Waals surface area (Å²) in [6, 6.07) is 6.02. The van der Waals surface area contributed by atoms with E-state index in [0.29, 0.717) is 18.7 Å². The van der Waals surface area contributed by atoms with E-state index >= 15 is 0 Å². The fraction of sp³-hybridized carbons (Fsp3) is 0.400. The van der Waals surface area contributed by atoms with E-state index in [0.717, 1.165) is 10.7 Å². The lowest BCUT2D eigenvalue weighted by Crippen LogP contribution is -2.24. The van der Waals surface area contributed by atoms with Crippen LogP contribution >= 0.6 is 11.3 Å². The van der Waals surface area contributed by atoms with E-state index in [1.807, 2.05) is 24.3 Å². The number of hydrogen-bond donors (Lipinski definition) is 1. The summed E-state index contributed by atoms with van der Waals surface area (Å²) >= 11 is 1.59. The van der Waals surface area contributed by atoms with Crippen molar-refractivity contribution in [1.29, 1.82) is 0 Å². The molecule has 22 heavy (non-hydrogen) atoms. The van der Waals surface area contributed by atoms with Crippen LogP contribution in [0.2, 0.25) is 0 Å². The van der Waals surface area contributed by atoms with E-state index in [-0.39, 0.29) is 5.75 Å². The molecule has 0 amide bonds. The van der Waals surface area contributed by atoms with Crippen molar-refractivity contribution < 1.29 is 18.6 Å². The predicted molar refractivity (Wildman–Crippen MR) is 81.2 cm³/mol. The van der Waals surface area contributed by atoms with Crippen molar-refractivity contribution in [2.45, 2.75) is 26.2 Å². The molecule has 1 aromatic carbocycles. The zero-order valence-electron chi connectivity index (χ0n) is 12.4. The molecule has 0 radical (unpaired) electrons. The lowest BCUT2D eigenvalue weighted by Gasteiger charge is -2.20. The van der Waals surface area contributed by atoms with Gasteiger partial charge in [0, 0.05) is 18.5 Å². The second-order valence-corrected chi connectivity index (χ2v) is 6.08. The fourth-order valence-electron chi connectivity index (χ4n) is 2.09. The zero-order valence-corrected chi connectivity index (χ0v) is 13.2. The summed E-state index contributed by atoms with van der Waals surface area (Å²) in [6.45, 7) is 0.175. The number of aromatic nitrogens is 1. The van der Waals surface area contributed by atoms with Crippen LogP contribution in [0.3, 0.4) is 0 Å². The van der Waals surface area contributed by atoms with Crippen LogP contribution < -0.4 is 4.74 Å². The molecule has 0 aliphatic carbocycles. The number of thiazole rings is 1. The zero-order chi connectivity index (χ0) is 16.1. The smallest absolute Gasteiger partial charge is 0.387 e. The molecule has 0 aliphatic heterocycles. The summed E-state index contributed by atoms with van der Waals surface area (Å²) in [7, 11) is 1.90. The maximum absolute atomic E-state index is 12.1. The Hall–Kier alpha value is -1.57. The highest BCUT2D eigenvalue weighted by Crippen LogP contribution is 2.20. The first-order valence-corrected chi connectivity index (χ1v) is 7.64. The first-order valence-electron chi connectivity index (χ1n) is 6.76. The highest BCUT2D eigenvalue weighted by molar-refractivity contribution is 7.09. The number of hydrogen-bond acceptors (Lipinski definition) is 5. The number of rotatable bonds is 7. The van der Waals surface area contributed by atoms with Gasteiger partial charge < -0.3 is 9.84 Å². The largest absolute Gasteiger partial charge is 0.435 e. The van der Waals surface area contributed by atoms with Gasteiger partial charge in [-0.25, -0.2) is 4.98 Å². The minimum atomic E-state index is -2.84. The van der Waals surface area contributed by atoms with Crippen LogP contribution in [0.25, 0.3) is 0 Å². The Kier molecular flexibility index (Phi) is 5.82. The Morgan fingerprint density at radius 3 is 2.55 bits per heavy atom. The highest BCUT2D eigenvalue weighted by Gasteiger charge is 2.13. The van der Waals surface area contributed by atoms with Gasteiger partial charge in [0.2, 0.25) is 0 Å². The van der Waals surface area contributed by atoms with E-state index < -0.39 is 12.7 Å². The van der Waals surface area contributed by atoms with Gasteiger partial charge in [-0.05, 0) is 31.7 Å². The van der Waals surface area contributed by atoms with Crippen LogP contribution in [0, 0.1) is 6.92 Å². The highest BCUT2D eigenvalue weighted by atomic mass is 32.1. The molecule has 1 unspecified atom stereocenters. The van der Waals surface area contributed by atoms with Gasteiger partial charge in [-0.1, -0.05) is 12.1 Å². The molecular weight excluding hydrogens is 310 g/mol. The molecule has 0 aliphatic rings. The van der Waals surface area contributed by atoms with Crippen LogP contribution in [0.15, 0.2) is 29.6 Å². The molecule has 1 aromatic heterocycles. The average Bonchev–Trinajstić information content (AvgIpc) is 2.83. The summed E-state index contributed by atoms with van der Waals surface area (Å²) in [5.41, 5.74) is 1.63. The first kappa shape index (κ1) is 16.8. The normalized spacial score (nSPS) is 12.9. The Morgan fingerprint density at radius 1 is 1.32 bits per heavy atom. The molecule has 1 atom stereocenters. The number of benzene rings is 1. The maximum atomic E-state index is 12.1. The molecule has 4 nitrogen and oxygen atoms in total. The predicted octanol–water partition coefficient (Wildman–Crippen LogP) is 3.22. The molecule has 0 fully saturated rings. The summed E-state index contributed by atoms with van der Waals surface area (Å²) in [5.74, 6) is 0.0808. The van der Waals surface area contributed by atoms with Crippen LogP contribution in [0.1, 0.15) is 22.4 Å². The standard InChI is InChI=1S/C15H18F2N2O2S/c1-10-18-12(9-22-10)7-19(2)8-14(20)11-3-5-13(6-4-11)21-15(16)17/h3-6,9,14-15,20H,7-8H2,1-2H3. The Morgan fingerprint density at radius 2 is 2.00 bits per heavy atom. The number of likely N-dealkylation sites (N-methyl/N-ethyl adjacent to an activating group) is 1. The van der Waals surface area contributed by atoms with Crippen molar-refractivity contribution in [3.63, 3.8) is 0 Å². The maximum Gasteiger partial charge on any atom is 0.387 e. The van der Waals surface area contributed by atoms with E-state index in [4.69, 9.17) is 0 Å². The fourth-order valence-corrected chi connectivity index (χ4v) is 2.70. The summed E-state index contributed by atoms with van der Waals surface area (Å²) < 4.78 is 28.4. The summed E-state index contributed by atoms with van der Waals surface area (Å²) in [4.78, 5) is 6.34. The number of aryl methyl sites for hydroxylation is 1. The van der Waals surface area contributed by atoms with E-state index in [9.17, 15) is 13.9 Å². The van der Waals surface area contributed by atoms with Crippen LogP contribution in [0.5, 0.6) is 5.75 Å². The molecule has 0 saturated heterocycles. The van der Waals surface area contributed by atoms with Gasteiger partial charge in [-0.15, -0.1) is 11.3 Å². The first-order chi connectivity index (χ1) is 10.4. The van der Waals surface area contributed by atoms with Gasteiger partial charge in [-0.3, -0.25) is 4.90 Å². The van der Waals surface area contributed by atoms with E-state index in [1.165, 1.54) is 12.1 Å². The molecular formula is C15H18F2N2O2S. The van der Waals surface area contributed by atoms with Crippen molar-refractivity contribution in [1.82, 2.24) is 9.88 Å². The SMILES string of the molecule is Cc1nc(CN(C)CC(O)c2ccc(OC(F)F)cc2)cs1. The lowest BCUT2D eigenvalue weighted by atomic mass is 10.1. The van der Waals surface area contributed by atoms with E-state index in [1.54, 1.807) is 23.5 Å². The Bertz CT molecular complexity index is 589. The van der Waals surface area contributed by atoms with Crippen LogP contribution in [0.4, 0.5) is 8.78 Å². The molecule has 7 heteroatoms. The third kappa shape index (κ3) is 5.01. The molecule has 2 rings (SSSR count). The van der Waals surface area contributed by atoms with Gasteiger partial charge in [-0.2, -0.15) is 8.78 Å². The van der Waals surface area contributed by atoms with Crippen molar-refractivity contribution in [2.24, 2.45) is 0 Å². The molecule has 1 heterocycles. The van der Waals surface area contributed by atoms with Crippen LogP contribution in [-0.4, -0.2) is 35.2 Å². The third-order valence-electron chi connectivity index (χ3n) is 3.07. The van der Waals surface area contributed by atoms with Crippen molar-refractivity contribution in [2.75, 3.05) is 13.6 Å². The van der Waals surface area contributed by atoms with Crippen LogP contribution in [-0.2, 0) is 6.54 Å². The molecule has 120 valence electrons. The van der Waals surface area contributed by atoms with Crippen molar-refractivity contribution >= 4 is 11.3 Å². The Labute approximate surface area is 132 Å². The van der Waals surface area contributed by atoms with Crippen molar-refractivity contribution in [3.05, 3.63) is 45.9 Å². The second kappa shape index (κ2) is 7.62. The minimum absolute atomic E-state index is 0.0808. The van der Waals surface area contributed by atoms with Gasteiger partial charge in [0.15, 0.2) is 0 Å². The minimum Gasteiger partial charge on any atom is -0.435 e. The van der Waals surface area contributed by atoms with E-state index in [2.05, 4.69) is 9.72 Å². The van der Waals surface area contributed by atoms with Gasteiger partial charge in [0.05, 0.1) is 16.8 Å².